The third-order valence-electron chi connectivity index (χ3n) is 4.83. The van der Waals surface area contributed by atoms with E-state index in [1.807, 2.05) is 22.9 Å². The number of nitrogens with zero attached hydrogens (tertiary/aromatic N) is 2. The van der Waals surface area contributed by atoms with Crippen LogP contribution in [0.3, 0.4) is 0 Å². The fraction of sp³-hybridized carbons (Fsp3) is 0.211. The number of rotatable bonds is 4. The largest absolute Gasteiger partial charge is 0.454 e. The molecular formula is C19H15N3O4S2. The molecule has 1 aromatic carbocycles. The van der Waals surface area contributed by atoms with Crippen LogP contribution >= 0.6 is 22.7 Å². The SMILES string of the molecule is C[C@@]1(c2ccc3c(c2)OCO3)NC(=O)N(Cc2csc(-c3cccs3)n2)C1=O. The van der Waals surface area contributed by atoms with Crippen molar-refractivity contribution in [1.82, 2.24) is 15.2 Å². The average Bonchev–Trinajstić information content (AvgIpc) is 3.47. The van der Waals surface area contributed by atoms with Crippen molar-refractivity contribution in [2.24, 2.45) is 0 Å². The number of carbonyl (C=O) groups excluding carboxylic acids is 2. The molecular weight excluding hydrogens is 398 g/mol. The van der Waals surface area contributed by atoms with Crippen LogP contribution in [0.5, 0.6) is 11.5 Å². The lowest BCUT2D eigenvalue weighted by molar-refractivity contribution is -0.131. The number of hydrogen-bond acceptors (Lipinski definition) is 7. The number of carbonyl (C=O) groups is 2. The fourth-order valence-electron chi connectivity index (χ4n) is 3.30. The van der Waals surface area contributed by atoms with Crippen LogP contribution in [0, 0.1) is 0 Å². The zero-order valence-corrected chi connectivity index (χ0v) is 16.4. The van der Waals surface area contributed by atoms with Gasteiger partial charge >= 0.3 is 6.03 Å². The fourth-order valence-corrected chi connectivity index (χ4v) is 4.92. The molecule has 3 aromatic rings. The summed E-state index contributed by atoms with van der Waals surface area (Å²) in [5, 5.41) is 7.57. The number of benzene rings is 1. The van der Waals surface area contributed by atoms with Crippen LogP contribution in [0.2, 0.25) is 0 Å². The first-order valence-corrected chi connectivity index (χ1v) is 10.3. The van der Waals surface area contributed by atoms with Gasteiger partial charge in [0.15, 0.2) is 11.5 Å². The Hall–Kier alpha value is -2.91. The van der Waals surface area contributed by atoms with Gasteiger partial charge in [-0.25, -0.2) is 9.78 Å². The standard InChI is InChI=1S/C19H15N3O4S2/c1-19(11-4-5-13-14(7-11)26-10-25-13)17(23)22(18(24)21-19)8-12-9-28-16(20-12)15-3-2-6-27-15/h2-7,9H,8,10H2,1H3,(H,21,24)/t19-/m0/s1. The topological polar surface area (TPSA) is 80.8 Å². The van der Waals surface area contributed by atoms with Crippen molar-refractivity contribution in [2.45, 2.75) is 19.0 Å². The third kappa shape index (κ3) is 2.66. The molecule has 1 N–H and O–H groups in total. The Bertz CT molecular complexity index is 1080. The zero-order valence-electron chi connectivity index (χ0n) is 14.8. The molecule has 28 heavy (non-hydrogen) atoms. The second kappa shape index (κ2) is 6.32. The molecule has 0 radical (unpaired) electrons. The molecule has 0 unspecified atom stereocenters. The molecule has 2 aromatic heterocycles. The van der Waals surface area contributed by atoms with Gasteiger partial charge < -0.3 is 14.8 Å². The molecule has 4 heterocycles. The number of ether oxygens (including phenoxy) is 2. The van der Waals surface area contributed by atoms with Gasteiger partial charge in [-0.05, 0) is 36.1 Å². The van der Waals surface area contributed by atoms with E-state index in [1.54, 1.807) is 36.5 Å². The predicted octanol–water partition coefficient (Wildman–Crippen LogP) is 3.57. The van der Waals surface area contributed by atoms with Gasteiger partial charge in [-0.3, -0.25) is 9.69 Å². The first-order valence-electron chi connectivity index (χ1n) is 8.57. The zero-order chi connectivity index (χ0) is 19.3. The third-order valence-corrected chi connectivity index (χ3v) is 6.76. The first kappa shape index (κ1) is 17.2. The number of thiazole rings is 1. The molecule has 1 atom stereocenters. The van der Waals surface area contributed by atoms with Crippen molar-refractivity contribution in [3.63, 3.8) is 0 Å². The molecule has 9 heteroatoms. The van der Waals surface area contributed by atoms with Crippen LogP contribution in [0.1, 0.15) is 18.2 Å². The number of amides is 3. The number of hydrogen-bond donors (Lipinski definition) is 1. The van der Waals surface area contributed by atoms with Crippen molar-refractivity contribution >= 4 is 34.6 Å². The summed E-state index contributed by atoms with van der Waals surface area (Å²) in [6.07, 6.45) is 0. The molecule has 5 rings (SSSR count). The van der Waals surface area contributed by atoms with Crippen molar-refractivity contribution in [2.75, 3.05) is 6.79 Å². The molecule has 3 amide bonds. The maximum atomic E-state index is 13.1. The summed E-state index contributed by atoms with van der Waals surface area (Å²) < 4.78 is 10.7. The summed E-state index contributed by atoms with van der Waals surface area (Å²) in [6, 6.07) is 8.79. The number of fused-ring (bicyclic) bond motifs is 1. The highest BCUT2D eigenvalue weighted by Gasteiger charge is 2.49. The van der Waals surface area contributed by atoms with E-state index in [9.17, 15) is 9.59 Å². The summed E-state index contributed by atoms with van der Waals surface area (Å²) in [4.78, 5) is 32.5. The smallest absolute Gasteiger partial charge is 0.325 e. The minimum atomic E-state index is -1.16. The van der Waals surface area contributed by atoms with E-state index >= 15 is 0 Å². The number of thiophene rings is 1. The van der Waals surface area contributed by atoms with E-state index in [0.717, 1.165) is 9.88 Å². The second-order valence-corrected chi connectivity index (χ2v) is 8.44. The van der Waals surface area contributed by atoms with Crippen LogP contribution in [0.15, 0.2) is 41.1 Å². The number of urea groups is 1. The number of imide groups is 1. The van der Waals surface area contributed by atoms with Crippen molar-refractivity contribution in [3.8, 4) is 21.4 Å². The minimum absolute atomic E-state index is 0.132. The Balaban J connectivity index is 1.40. The highest BCUT2D eigenvalue weighted by Crippen LogP contribution is 2.38. The summed E-state index contributed by atoms with van der Waals surface area (Å²) in [5.41, 5.74) is 0.173. The van der Waals surface area contributed by atoms with Crippen LogP contribution in [-0.2, 0) is 16.9 Å². The lowest BCUT2D eigenvalue weighted by atomic mass is 9.91. The molecule has 0 saturated carbocycles. The molecule has 2 aliphatic heterocycles. The van der Waals surface area contributed by atoms with Crippen LogP contribution < -0.4 is 14.8 Å². The van der Waals surface area contributed by atoms with Crippen molar-refractivity contribution in [1.29, 1.82) is 0 Å². The van der Waals surface area contributed by atoms with Gasteiger partial charge in [0.05, 0.1) is 17.1 Å². The molecule has 2 aliphatic rings. The highest BCUT2D eigenvalue weighted by atomic mass is 32.1. The summed E-state index contributed by atoms with van der Waals surface area (Å²) in [5.74, 6) is 0.880. The lowest BCUT2D eigenvalue weighted by Gasteiger charge is -2.22. The van der Waals surface area contributed by atoms with Crippen molar-refractivity contribution in [3.05, 3.63) is 52.3 Å². The number of aromatic nitrogens is 1. The molecule has 0 aliphatic carbocycles. The van der Waals surface area contributed by atoms with Gasteiger partial charge in [0.1, 0.15) is 10.5 Å². The minimum Gasteiger partial charge on any atom is -0.454 e. The van der Waals surface area contributed by atoms with Gasteiger partial charge in [0, 0.05) is 5.38 Å². The highest BCUT2D eigenvalue weighted by molar-refractivity contribution is 7.20. The van der Waals surface area contributed by atoms with Gasteiger partial charge in [-0.15, -0.1) is 22.7 Å². The van der Waals surface area contributed by atoms with E-state index < -0.39 is 11.6 Å². The summed E-state index contributed by atoms with van der Waals surface area (Å²) in [7, 11) is 0. The molecule has 7 nitrogen and oxygen atoms in total. The van der Waals surface area contributed by atoms with Gasteiger partial charge in [0.2, 0.25) is 6.79 Å². The van der Waals surface area contributed by atoms with Crippen molar-refractivity contribution < 1.29 is 19.1 Å². The Morgan fingerprint density at radius 1 is 1.21 bits per heavy atom. The van der Waals surface area contributed by atoms with E-state index in [0.29, 0.717) is 22.8 Å². The Labute approximate surface area is 168 Å². The van der Waals surface area contributed by atoms with Gasteiger partial charge in [-0.2, -0.15) is 0 Å². The molecule has 1 saturated heterocycles. The molecule has 0 bridgehead atoms. The second-order valence-electron chi connectivity index (χ2n) is 6.64. The molecule has 1 fully saturated rings. The molecule has 142 valence electrons. The summed E-state index contributed by atoms with van der Waals surface area (Å²) in [6.45, 7) is 1.98. The van der Waals surface area contributed by atoms with Gasteiger partial charge in [0.25, 0.3) is 5.91 Å². The Morgan fingerprint density at radius 3 is 2.89 bits per heavy atom. The predicted molar refractivity (Wildman–Crippen MR) is 104 cm³/mol. The summed E-state index contributed by atoms with van der Waals surface area (Å²) >= 11 is 3.11. The Morgan fingerprint density at radius 2 is 2.07 bits per heavy atom. The number of nitrogens with one attached hydrogen (secondary N) is 1. The van der Waals surface area contributed by atoms with E-state index in [2.05, 4.69) is 10.3 Å². The van der Waals surface area contributed by atoms with Gasteiger partial charge in [-0.1, -0.05) is 12.1 Å². The van der Waals surface area contributed by atoms with Crippen LogP contribution in [-0.4, -0.2) is 28.6 Å². The molecule has 0 spiro atoms. The maximum absolute atomic E-state index is 13.1. The van der Waals surface area contributed by atoms with Crippen LogP contribution in [0.25, 0.3) is 9.88 Å². The van der Waals surface area contributed by atoms with E-state index in [-0.39, 0.29) is 19.2 Å². The lowest BCUT2D eigenvalue weighted by Crippen LogP contribution is -2.40. The quantitative estimate of drug-likeness (QED) is 0.662. The van der Waals surface area contributed by atoms with Crippen LogP contribution in [0.4, 0.5) is 4.79 Å². The maximum Gasteiger partial charge on any atom is 0.325 e. The Kier molecular flexibility index (Phi) is 3.88. The normalized spacial score (nSPS) is 20.7. The van der Waals surface area contributed by atoms with E-state index in [1.165, 1.54) is 16.2 Å². The monoisotopic (exact) mass is 413 g/mol. The first-order chi connectivity index (χ1) is 13.5. The van der Waals surface area contributed by atoms with E-state index in [4.69, 9.17) is 9.47 Å². The average molecular weight is 413 g/mol.